The lowest BCUT2D eigenvalue weighted by atomic mass is 10.1. The van der Waals surface area contributed by atoms with Gasteiger partial charge in [0, 0.05) is 24.3 Å². The van der Waals surface area contributed by atoms with E-state index in [9.17, 15) is 14.4 Å². The van der Waals surface area contributed by atoms with Gasteiger partial charge in [0.1, 0.15) is 5.69 Å². The van der Waals surface area contributed by atoms with Crippen molar-refractivity contribution in [2.45, 2.75) is 33.8 Å². The van der Waals surface area contributed by atoms with Crippen LogP contribution in [0.1, 0.15) is 46.0 Å². The molecule has 2 rings (SSSR count). The Labute approximate surface area is 134 Å². The molecular weight excluding hydrogens is 300 g/mol. The van der Waals surface area contributed by atoms with Crippen LogP contribution in [0.5, 0.6) is 0 Å². The summed E-state index contributed by atoms with van der Waals surface area (Å²) in [5.41, 5.74) is 1.87. The summed E-state index contributed by atoms with van der Waals surface area (Å²) < 4.78 is 10.5. The van der Waals surface area contributed by atoms with Crippen LogP contribution >= 0.6 is 0 Å². The van der Waals surface area contributed by atoms with E-state index >= 15 is 0 Å². The first kappa shape index (κ1) is 17.2. The number of nitrogens with one attached hydrogen (secondary N) is 1. The predicted molar refractivity (Wildman–Crippen MR) is 82.5 cm³/mol. The lowest BCUT2D eigenvalue weighted by Crippen LogP contribution is -2.46. The number of hydrogen-bond donors (Lipinski definition) is 1. The van der Waals surface area contributed by atoms with E-state index in [0.717, 1.165) is 0 Å². The highest BCUT2D eigenvalue weighted by Crippen LogP contribution is 2.20. The molecule has 0 aliphatic carbocycles. The van der Waals surface area contributed by atoms with E-state index in [2.05, 4.69) is 4.98 Å². The van der Waals surface area contributed by atoms with E-state index in [4.69, 9.17) is 9.47 Å². The second kappa shape index (κ2) is 6.95. The van der Waals surface area contributed by atoms with Crippen molar-refractivity contribution < 1.29 is 23.9 Å². The van der Waals surface area contributed by atoms with E-state index < -0.39 is 12.1 Å². The number of nitrogens with zero attached hydrogens (tertiary/aromatic N) is 1. The molecule has 23 heavy (non-hydrogen) atoms. The Kier molecular flexibility index (Phi) is 5.20. The van der Waals surface area contributed by atoms with Crippen LogP contribution < -0.4 is 0 Å². The van der Waals surface area contributed by atoms with Crippen LogP contribution in [0.4, 0.5) is 0 Å². The van der Waals surface area contributed by atoms with Crippen molar-refractivity contribution in [3.05, 3.63) is 22.5 Å². The maximum absolute atomic E-state index is 12.3. The van der Waals surface area contributed by atoms with Crippen LogP contribution in [0.2, 0.25) is 0 Å². The Balaban J connectivity index is 2.08. The highest BCUT2D eigenvalue weighted by molar-refractivity contribution is 6.01. The Hall–Kier alpha value is -2.15. The minimum Gasteiger partial charge on any atom is -0.448 e. The van der Waals surface area contributed by atoms with E-state index in [1.807, 2.05) is 0 Å². The van der Waals surface area contributed by atoms with Crippen LogP contribution in [-0.2, 0) is 14.3 Å². The van der Waals surface area contributed by atoms with Crippen molar-refractivity contribution in [1.29, 1.82) is 0 Å². The van der Waals surface area contributed by atoms with Crippen molar-refractivity contribution in [1.82, 2.24) is 9.88 Å². The molecule has 2 heterocycles. The summed E-state index contributed by atoms with van der Waals surface area (Å²) in [6.45, 7) is 8.38. The molecule has 0 saturated carbocycles. The Morgan fingerprint density at radius 2 is 1.83 bits per heavy atom. The number of ketones is 1. The molecule has 0 spiro atoms. The number of aryl methyl sites for hydroxylation is 1. The van der Waals surface area contributed by atoms with Crippen LogP contribution in [-0.4, -0.2) is 60.0 Å². The molecule has 0 bridgehead atoms. The minimum atomic E-state index is -0.885. The van der Waals surface area contributed by atoms with Crippen molar-refractivity contribution in [3.8, 4) is 0 Å². The maximum atomic E-state index is 12.3. The molecule has 1 saturated heterocycles. The number of hydrogen-bond acceptors (Lipinski definition) is 5. The second-order valence-corrected chi connectivity index (χ2v) is 5.67. The van der Waals surface area contributed by atoms with Gasteiger partial charge in [-0.3, -0.25) is 9.59 Å². The summed E-state index contributed by atoms with van der Waals surface area (Å²) in [4.78, 5) is 40.7. The van der Waals surface area contributed by atoms with Crippen molar-refractivity contribution in [3.63, 3.8) is 0 Å². The normalized spacial score (nSPS) is 16.1. The molecule has 0 radical (unpaired) electrons. The maximum Gasteiger partial charge on any atom is 0.355 e. The molecule has 1 N–H and O–H groups in total. The van der Waals surface area contributed by atoms with Gasteiger partial charge in [0.15, 0.2) is 11.9 Å². The minimum absolute atomic E-state index is 0.118. The number of rotatable bonds is 4. The van der Waals surface area contributed by atoms with Crippen LogP contribution in [0, 0.1) is 13.8 Å². The standard InChI is InChI=1S/C16H22N2O5/c1-9-13(11(3)19)10(2)17-14(9)16(21)23-12(4)15(20)18-5-7-22-8-6-18/h12,17H,5-8H2,1-4H3/t12-/m1/s1. The van der Waals surface area contributed by atoms with Crippen molar-refractivity contribution in [2.24, 2.45) is 0 Å². The number of morpholine rings is 1. The fraction of sp³-hybridized carbons (Fsp3) is 0.562. The molecule has 0 aromatic carbocycles. The zero-order chi connectivity index (χ0) is 17.1. The molecule has 1 aromatic heterocycles. The van der Waals surface area contributed by atoms with Gasteiger partial charge in [0.25, 0.3) is 5.91 Å². The number of carbonyl (C=O) groups excluding carboxylic acids is 3. The van der Waals surface area contributed by atoms with Gasteiger partial charge in [0.2, 0.25) is 0 Å². The highest BCUT2D eigenvalue weighted by atomic mass is 16.5. The first-order valence-electron chi connectivity index (χ1n) is 7.60. The van der Waals surface area contributed by atoms with E-state index in [1.165, 1.54) is 6.92 Å². The van der Waals surface area contributed by atoms with Gasteiger partial charge < -0.3 is 19.4 Å². The van der Waals surface area contributed by atoms with Gasteiger partial charge in [0.05, 0.1) is 13.2 Å². The summed E-state index contributed by atoms with van der Waals surface area (Å²) in [7, 11) is 0. The average Bonchev–Trinajstić information content (AvgIpc) is 2.82. The number of carbonyl (C=O) groups is 3. The summed E-state index contributed by atoms with van der Waals surface area (Å²) in [5, 5.41) is 0. The van der Waals surface area contributed by atoms with Gasteiger partial charge in [-0.2, -0.15) is 0 Å². The number of ether oxygens (including phenoxy) is 2. The number of aromatic nitrogens is 1. The van der Waals surface area contributed by atoms with Crippen LogP contribution in [0.15, 0.2) is 0 Å². The van der Waals surface area contributed by atoms with Crippen LogP contribution in [0.25, 0.3) is 0 Å². The van der Waals surface area contributed by atoms with Crippen LogP contribution in [0.3, 0.4) is 0 Å². The lowest BCUT2D eigenvalue weighted by Gasteiger charge is -2.28. The third-order valence-electron chi connectivity index (χ3n) is 3.95. The predicted octanol–water partition coefficient (Wildman–Crippen LogP) is 1.24. The van der Waals surface area contributed by atoms with Crippen molar-refractivity contribution >= 4 is 17.7 Å². The fourth-order valence-electron chi connectivity index (χ4n) is 2.79. The monoisotopic (exact) mass is 322 g/mol. The van der Waals surface area contributed by atoms with Gasteiger partial charge in [-0.1, -0.05) is 0 Å². The van der Waals surface area contributed by atoms with E-state index in [-0.39, 0.29) is 17.4 Å². The molecule has 1 aromatic rings. The smallest absolute Gasteiger partial charge is 0.355 e. The highest BCUT2D eigenvalue weighted by Gasteiger charge is 2.28. The molecule has 1 amide bonds. The molecule has 7 heteroatoms. The first-order chi connectivity index (χ1) is 10.8. The number of Topliss-reactive ketones (excluding diaryl/α,β-unsaturated/α-hetero) is 1. The molecule has 1 fully saturated rings. The van der Waals surface area contributed by atoms with Gasteiger partial charge in [-0.25, -0.2) is 4.79 Å². The zero-order valence-corrected chi connectivity index (χ0v) is 13.9. The van der Waals surface area contributed by atoms with Gasteiger partial charge in [-0.15, -0.1) is 0 Å². The topological polar surface area (TPSA) is 88.7 Å². The number of amides is 1. The summed E-state index contributed by atoms with van der Waals surface area (Å²) in [6.07, 6.45) is -0.885. The molecule has 1 aliphatic rings. The Morgan fingerprint density at radius 3 is 2.35 bits per heavy atom. The average molecular weight is 322 g/mol. The number of esters is 1. The molecular formula is C16H22N2O5. The van der Waals surface area contributed by atoms with Gasteiger partial charge in [-0.05, 0) is 33.3 Å². The first-order valence-corrected chi connectivity index (χ1v) is 7.60. The lowest BCUT2D eigenvalue weighted by molar-refractivity contribution is -0.143. The van der Waals surface area contributed by atoms with Gasteiger partial charge >= 0.3 is 5.97 Å². The quantitative estimate of drug-likeness (QED) is 0.665. The largest absolute Gasteiger partial charge is 0.448 e. The van der Waals surface area contributed by atoms with Crippen molar-refractivity contribution in [2.75, 3.05) is 26.3 Å². The molecule has 126 valence electrons. The number of H-pyrrole nitrogens is 1. The SMILES string of the molecule is CC(=O)c1c(C)[nH]c(C(=O)O[C@H](C)C(=O)N2CCOCC2)c1C. The third-order valence-corrected chi connectivity index (χ3v) is 3.95. The molecule has 0 unspecified atom stereocenters. The van der Waals surface area contributed by atoms with E-state index in [1.54, 1.807) is 25.7 Å². The molecule has 7 nitrogen and oxygen atoms in total. The Bertz CT molecular complexity index is 629. The summed E-state index contributed by atoms with van der Waals surface area (Å²) in [5.74, 6) is -0.991. The molecule has 1 aliphatic heterocycles. The summed E-state index contributed by atoms with van der Waals surface area (Å²) in [6, 6.07) is 0. The fourth-order valence-corrected chi connectivity index (χ4v) is 2.79. The molecule has 1 atom stereocenters. The number of aromatic amines is 1. The Morgan fingerprint density at radius 1 is 1.22 bits per heavy atom. The third kappa shape index (κ3) is 3.61. The van der Waals surface area contributed by atoms with E-state index in [0.29, 0.717) is 43.1 Å². The summed E-state index contributed by atoms with van der Waals surface area (Å²) >= 11 is 0. The second-order valence-electron chi connectivity index (χ2n) is 5.67. The zero-order valence-electron chi connectivity index (χ0n) is 13.9.